The van der Waals surface area contributed by atoms with Gasteiger partial charge in [-0.25, -0.2) is 13.2 Å². The maximum Gasteiger partial charge on any atom is 0.417 e. The fourth-order valence-corrected chi connectivity index (χ4v) is 3.15. The van der Waals surface area contributed by atoms with Crippen molar-refractivity contribution in [3.05, 3.63) is 28.7 Å². The molecule has 0 unspecified atom stereocenters. The molecule has 2 rings (SSSR count). The summed E-state index contributed by atoms with van der Waals surface area (Å²) in [7, 11) is -4.04. The average Bonchev–Trinajstić information content (AvgIpc) is 2.74. The van der Waals surface area contributed by atoms with Crippen LogP contribution in [0.5, 0.6) is 0 Å². The average molecular weight is 314 g/mol. The second-order valence-electron chi connectivity index (χ2n) is 4.85. The topological polar surface area (TPSA) is 129 Å². The second-order valence-corrected chi connectivity index (χ2v) is 6.57. The van der Waals surface area contributed by atoms with Crippen LogP contribution >= 0.6 is 0 Å². The lowest BCUT2D eigenvalue weighted by atomic mass is 10.1. The highest BCUT2D eigenvalue weighted by Crippen LogP contribution is 2.17. The molecule has 114 valence electrons. The maximum atomic E-state index is 12.2. The smallest absolute Gasteiger partial charge is 0.417 e. The lowest BCUT2D eigenvalue weighted by Crippen LogP contribution is -2.44. The summed E-state index contributed by atoms with van der Waals surface area (Å²) in [6.45, 7) is 3.19. The molecule has 0 amide bonds. The van der Waals surface area contributed by atoms with Crippen molar-refractivity contribution >= 4 is 27.1 Å². The number of carboxylic acid groups (broad SMARTS) is 1. The number of rotatable bonds is 5. The molecule has 1 atom stereocenters. The van der Waals surface area contributed by atoms with Crippen LogP contribution in [0.2, 0.25) is 0 Å². The number of aromatic amines is 1. The van der Waals surface area contributed by atoms with E-state index in [-0.39, 0.29) is 10.5 Å². The number of sulfonamides is 1. The third-order valence-corrected chi connectivity index (χ3v) is 4.36. The van der Waals surface area contributed by atoms with Gasteiger partial charge in [0.15, 0.2) is 5.58 Å². The van der Waals surface area contributed by atoms with Crippen molar-refractivity contribution in [1.29, 1.82) is 0 Å². The van der Waals surface area contributed by atoms with Crippen molar-refractivity contribution in [2.45, 2.75) is 24.8 Å². The van der Waals surface area contributed by atoms with Gasteiger partial charge in [-0.15, -0.1) is 0 Å². The van der Waals surface area contributed by atoms with Crippen LogP contribution in [0.1, 0.15) is 13.8 Å². The van der Waals surface area contributed by atoms with Crippen molar-refractivity contribution in [2.24, 2.45) is 5.92 Å². The van der Waals surface area contributed by atoms with Crippen LogP contribution in [0.25, 0.3) is 11.1 Å². The minimum Gasteiger partial charge on any atom is -0.480 e. The van der Waals surface area contributed by atoms with Gasteiger partial charge in [-0.3, -0.25) is 9.78 Å². The molecule has 0 aliphatic rings. The standard InChI is InChI=1S/C12H14N2O6S/c1-6(2)10(11(15)16)14-21(18,19)7-3-4-8-9(5-7)20-12(17)13-8/h3-6,10,14H,1-2H3,(H,13,17)(H,15,16)/t10-/m1/s1. The first kappa shape index (κ1) is 15.3. The molecule has 21 heavy (non-hydrogen) atoms. The van der Waals surface area contributed by atoms with E-state index in [0.717, 1.165) is 6.07 Å². The summed E-state index contributed by atoms with van der Waals surface area (Å²) >= 11 is 0. The summed E-state index contributed by atoms with van der Waals surface area (Å²) in [6, 6.07) is 2.55. The molecule has 0 aliphatic heterocycles. The maximum absolute atomic E-state index is 12.2. The first-order chi connectivity index (χ1) is 9.70. The van der Waals surface area contributed by atoms with Crippen LogP contribution in [0.4, 0.5) is 0 Å². The Morgan fingerprint density at radius 1 is 1.38 bits per heavy atom. The Labute approximate surface area is 119 Å². The Kier molecular flexibility index (Phi) is 3.88. The normalized spacial score (nSPS) is 13.7. The highest BCUT2D eigenvalue weighted by atomic mass is 32.2. The summed E-state index contributed by atoms with van der Waals surface area (Å²) in [6.07, 6.45) is 0. The highest BCUT2D eigenvalue weighted by Gasteiger charge is 2.28. The Hall–Kier alpha value is -2.13. The number of carbonyl (C=O) groups is 1. The summed E-state index contributed by atoms with van der Waals surface area (Å²) in [4.78, 5) is 24.3. The molecule has 8 nitrogen and oxygen atoms in total. The predicted molar refractivity (Wildman–Crippen MR) is 73.4 cm³/mol. The molecule has 0 saturated heterocycles. The van der Waals surface area contributed by atoms with Gasteiger partial charge < -0.3 is 9.52 Å². The van der Waals surface area contributed by atoms with Gasteiger partial charge in [0.2, 0.25) is 10.0 Å². The number of hydrogen-bond donors (Lipinski definition) is 3. The lowest BCUT2D eigenvalue weighted by molar-refractivity contribution is -0.140. The number of hydrogen-bond acceptors (Lipinski definition) is 5. The van der Waals surface area contributed by atoms with Gasteiger partial charge in [0.1, 0.15) is 6.04 Å². The van der Waals surface area contributed by atoms with Gasteiger partial charge in [0.25, 0.3) is 0 Å². The first-order valence-electron chi connectivity index (χ1n) is 6.09. The van der Waals surface area contributed by atoms with Crippen molar-refractivity contribution in [2.75, 3.05) is 0 Å². The molecule has 1 aromatic heterocycles. The van der Waals surface area contributed by atoms with Gasteiger partial charge in [-0.1, -0.05) is 13.8 Å². The van der Waals surface area contributed by atoms with E-state index in [1.54, 1.807) is 13.8 Å². The van der Waals surface area contributed by atoms with Crippen LogP contribution in [-0.2, 0) is 14.8 Å². The molecule has 1 heterocycles. The molecule has 2 aromatic rings. The zero-order valence-electron chi connectivity index (χ0n) is 11.3. The zero-order chi connectivity index (χ0) is 15.8. The largest absolute Gasteiger partial charge is 0.480 e. The minimum absolute atomic E-state index is 0.0827. The van der Waals surface area contributed by atoms with E-state index in [4.69, 9.17) is 9.52 Å². The van der Waals surface area contributed by atoms with E-state index in [2.05, 4.69) is 9.71 Å². The van der Waals surface area contributed by atoms with Crippen LogP contribution in [0.3, 0.4) is 0 Å². The van der Waals surface area contributed by atoms with E-state index in [0.29, 0.717) is 5.52 Å². The van der Waals surface area contributed by atoms with Crippen molar-refractivity contribution in [3.63, 3.8) is 0 Å². The predicted octanol–water partition coefficient (Wildman–Crippen LogP) is 0.509. The highest BCUT2D eigenvalue weighted by molar-refractivity contribution is 7.89. The van der Waals surface area contributed by atoms with Crippen molar-refractivity contribution in [3.8, 4) is 0 Å². The van der Waals surface area contributed by atoms with E-state index in [1.807, 2.05) is 0 Å². The SMILES string of the molecule is CC(C)[C@@H](NS(=O)(=O)c1ccc2[nH]c(=O)oc2c1)C(=O)O. The van der Waals surface area contributed by atoms with Crippen molar-refractivity contribution < 1.29 is 22.7 Å². The number of fused-ring (bicyclic) bond motifs is 1. The fraction of sp³-hybridized carbons (Fsp3) is 0.333. The van der Waals surface area contributed by atoms with E-state index in [1.165, 1.54) is 12.1 Å². The molecule has 0 fully saturated rings. The second kappa shape index (κ2) is 5.34. The monoisotopic (exact) mass is 314 g/mol. The molecule has 9 heteroatoms. The number of H-pyrrole nitrogens is 1. The molecular weight excluding hydrogens is 300 g/mol. The number of aromatic nitrogens is 1. The van der Waals surface area contributed by atoms with Crippen LogP contribution < -0.4 is 10.5 Å². The third-order valence-electron chi connectivity index (χ3n) is 2.92. The minimum atomic E-state index is -4.04. The number of aliphatic carboxylic acids is 1. The Balaban J connectivity index is 2.41. The number of nitrogens with one attached hydrogen (secondary N) is 2. The summed E-state index contributed by atoms with van der Waals surface area (Å²) in [5, 5.41) is 9.04. The lowest BCUT2D eigenvalue weighted by Gasteiger charge is -2.17. The van der Waals surface area contributed by atoms with Crippen LogP contribution in [0.15, 0.2) is 32.3 Å². The summed E-state index contributed by atoms with van der Waals surface area (Å²) < 4.78 is 31.3. The summed E-state index contributed by atoms with van der Waals surface area (Å²) in [5.74, 6) is -2.38. The summed E-state index contributed by atoms with van der Waals surface area (Å²) in [5.41, 5.74) is 0.442. The van der Waals surface area contributed by atoms with Crippen LogP contribution in [-0.4, -0.2) is 30.5 Å². The Bertz CT molecular complexity index is 833. The van der Waals surface area contributed by atoms with Gasteiger partial charge in [0.05, 0.1) is 10.4 Å². The molecule has 0 spiro atoms. The quantitative estimate of drug-likeness (QED) is 0.737. The van der Waals surface area contributed by atoms with E-state index < -0.39 is 33.7 Å². The zero-order valence-corrected chi connectivity index (χ0v) is 12.1. The van der Waals surface area contributed by atoms with E-state index >= 15 is 0 Å². The fourth-order valence-electron chi connectivity index (χ4n) is 1.80. The molecule has 3 N–H and O–H groups in total. The molecule has 0 bridgehead atoms. The molecular formula is C12H14N2O6S. The van der Waals surface area contributed by atoms with E-state index in [9.17, 15) is 18.0 Å². The Morgan fingerprint density at radius 3 is 2.62 bits per heavy atom. The molecule has 0 radical (unpaired) electrons. The van der Waals surface area contributed by atoms with Gasteiger partial charge in [-0.2, -0.15) is 4.72 Å². The molecule has 1 aromatic carbocycles. The number of benzene rings is 1. The number of oxazole rings is 1. The molecule has 0 aliphatic carbocycles. The van der Waals surface area contributed by atoms with Crippen molar-refractivity contribution in [1.82, 2.24) is 9.71 Å². The number of carboxylic acids is 1. The molecule has 0 saturated carbocycles. The Morgan fingerprint density at radius 2 is 2.05 bits per heavy atom. The van der Waals surface area contributed by atoms with Gasteiger partial charge >= 0.3 is 11.7 Å². The van der Waals surface area contributed by atoms with Gasteiger partial charge in [-0.05, 0) is 18.1 Å². The first-order valence-corrected chi connectivity index (χ1v) is 7.57. The third kappa shape index (κ3) is 3.14. The van der Waals surface area contributed by atoms with Gasteiger partial charge in [0, 0.05) is 6.07 Å². The van der Waals surface area contributed by atoms with Crippen LogP contribution in [0, 0.1) is 5.92 Å².